The number of ketones is 2. The molecule has 2 aliphatic rings. The van der Waals surface area contributed by atoms with Crippen LogP contribution in [0.25, 0.3) is 0 Å². The summed E-state index contributed by atoms with van der Waals surface area (Å²) in [5.74, 6) is 0.0905. The van der Waals surface area contributed by atoms with Crippen LogP contribution in [-0.4, -0.2) is 32.9 Å². The van der Waals surface area contributed by atoms with Crippen LogP contribution in [0.2, 0.25) is 0 Å². The van der Waals surface area contributed by atoms with E-state index in [4.69, 9.17) is 14.2 Å². The highest BCUT2D eigenvalue weighted by atomic mass is 16.5. The van der Waals surface area contributed by atoms with Gasteiger partial charge in [0.2, 0.25) is 5.78 Å². The van der Waals surface area contributed by atoms with Crippen molar-refractivity contribution in [1.82, 2.24) is 0 Å². The van der Waals surface area contributed by atoms with Gasteiger partial charge in [0.25, 0.3) is 0 Å². The van der Waals surface area contributed by atoms with Crippen molar-refractivity contribution >= 4 is 11.6 Å². The van der Waals surface area contributed by atoms with E-state index in [2.05, 4.69) is 6.58 Å². The Morgan fingerprint density at radius 3 is 2.38 bits per heavy atom. The molecule has 0 saturated heterocycles. The van der Waals surface area contributed by atoms with Gasteiger partial charge in [0.05, 0.1) is 32.7 Å². The molecule has 0 amide bonds. The molecule has 1 saturated carbocycles. The highest BCUT2D eigenvalue weighted by molar-refractivity contribution is 6.17. The third-order valence-electron chi connectivity index (χ3n) is 5.86. The van der Waals surface area contributed by atoms with Gasteiger partial charge in [0.15, 0.2) is 23.0 Å². The van der Waals surface area contributed by atoms with Gasteiger partial charge in [-0.05, 0) is 36.1 Å². The Hall–Kier alpha value is -2.56. The Balaban J connectivity index is 2.15. The molecule has 1 aromatic rings. The number of hydrogen-bond donors (Lipinski definition) is 0. The van der Waals surface area contributed by atoms with Gasteiger partial charge in [-0.2, -0.15) is 0 Å². The molecule has 138 valence electrons. The Labute approximate surface area is 153 Å². The van der Waals surface area contributed by atoms with Gasteiger partial charge < -0.3 is 14.2 Å². The first-order chi connectivity index (χ1) is 12.4. The third-order valence-corrected chi connectivity index (χ3v) is 5.86. The predicted molar refractivity (Wildman–Crippen MR) is 97.3 cm³/mol. The molecule has 1 fully saturated rings. The molecule has 0 spiro atoms. The van der Waals surface area contributed by atoms with Crippen LogP contribution in [-0.2, 0) is 14.3 Å². The SMILES string of the molecule is C=CC[C@]12C=C(OC)C(=O)C(C1=O)C(c1ccc(OC)c(OC)c1)C2C. The Morgan fingerprint density at radius 1 is 1.12 bits per heavy atom. The maximum absolute atomic E-state index is 13.2. The minimum Gasteiger partial charge on any atom is -0.493 e. The maximum Gasteiger partial charge on any atom is 0.208 e. The maximum atomic E-state index is 13.2. The lowest BCUT2D eigenvalue weighted by molar-refractivity contribution is -0.136. The van der Waals surface area contributed by atoms with Crippen molar-refractivity contribution in [2.45, 2.75) is 19.3 Å². The van der Waals surface area contributed by atoms with Gasteiger partial charge in [-0.1, -0.05) is 19.1 Å². The molecule has 2 bridgehead atoms. The number of rotatable bonds is 6. The Morgan fingerprint density at radius 2 is 1.81 bits per heavy atom. The summed E-state index contributed by atoms with van der Waals surface area (Å²) in [6, 6.07) is 5.57. The summed E-state index contributed by atoms with van der Waals surface area (Å²) in [5.41, 5.74) is 0.127. The first-order valence-electron chi connectivity index (χ1n) is 8.63. The molecule has 0 N–H and O–H groups in total. The van der Waals surface area contributed by atoms with Gasteiger partial charge in [0, 0.05) is 5.92 Å². The zero-order valence-electron chi connectivity index (χ0n) is 15.6. The Kier molecular flexibility index (Phi) is 4.65. The molecule has 5 heteroatoms. The van der Waals surface area contributed by atoms with Crippen LogP contribution in [0.5, 0.6) is 11.5 Å². The summed E-state index contributed by atoms with van der Waals surface area (Å²) in [5, 5.41) is 0. The van der Waals surface area contributed by atoms with E-state index in [0.717, 1.165) is 5.56 Å². The second-order valence-corrected chi connectivity index (χ2v) is 6.88. The van der Waals surface area contributed by atoms with E-state index in [-0.39, 0.29) is 29.2 Å². The summed E-state index contributed by atoms with van der Waals surface area (Å²) in [6.07, 6.45) is 3.93. The van der Waals surface area contributed by atoms with Crippen LogP contribution >= 0.6 is 0 Å². The van der Waals surface area contributed by atoms with E-state index in [0.29, 0.717) is 17.9 Å². The van der Waals surface area contributed by atoms with Crippen molar-refractivity contribution in [2.75, 3.05) is 21.3 Å². The monoisotopic (exact) mass is 356 g/mol. The molecule has 2 aliphatic carbocycles. The minimum atomic E-state index is -0.760. The molecule has 1 aromatic carbocycles. The third kappa shape index (κ3) is 2.37. The number of hydrogen-bond acceptors (Lipinski definition) is 5. The standard InChI is InChI=1S/C21H24O5/c1-6-9-21-11-16(26-5)19(22)18(20(21)23)17(12(21)2)13-7-8-14(24-3)15(10-13)25-4/h6-8,10-12,17-18H,1,9H2,2-5H3/t12?,17?,18?,21-/m1/s1. The number of benzene rings is 1. The molecule has 3 rings (SSSR count). The molecule has 0 aliphatic heterocycles. The molecule has 0 aromatic heterocycles. The van der Waals surface area contributed by atoms with Gasteiger partial charge in [-0.15, -0.1) is 6.58 Å². The number of methoxy groups -OCH3 is 3. The molecule has 4 atom stereocenters. The van der Waals surface area contributed by atoms with Crippen LogP contribution in [0.15, 0.2) is 42.7 Å². The van der Waals surface area contributed by atoms with Crippen molar-refractivity contribution < 1.29 is 23.8 Å². The number of fused-ring (bicyclic) bond motifs is 2. The van der Waals surface area contributed by atoms with Crippen molar-refractivity contribution in [3.63, 3.8) is 0 Å². The fraction of sp³-hybridized carbons (Fsp3) is 0.429. The molecule has 0 heterocycles. The van der Waals surface area contributed by atoms with Crippen LogP contribution in [0.4, 0.5) is 0 Å². The highest BCUT2D eigenvalue weighted by Crippen LogP contribution is 2.59. The molecular formula is C21H24O5. The van der Waals surface area contributed by atoms with Crippen LogP contribution in [0.3, 0.4) is 0 Å². The number of allylic oxidation sites excluding steroid dienone is 3. The van der Waals surface area contributed by atoms with Crippen molar-refractivity contribution in [1.29, 1.82) is 0 Å². The van der Waals surface area contributed by atoms with E-state index in [9.17, 15) is 9.59 Å². The van der Waals surface area contributed by atoms with E-state index >= 15 is 0 Å². The van der Waals surface area contributed by atoms with Gasteiger partial charge >= 0.3 is 0 Å². The average molecular weight is 356 g/mol. The number of ether oxygens (including phenoxy) is 3. The highest BCUT2D eigenvalue weighted by Gasteiger charge is 2.62. The zero-order valence-corrected chi connectivity index (χ0v) is 15.6. The van der Waals surface area contributed by atoms with Crippen LogP contribution in [0.1, 0.15) is 24.8 Å². The first kappa shape index (κ1) is 18.2. The quantitative estimate of drug-likeness (QED) is 0.578. The fourth-order valence-corrected chi connectivity index (χ4v) is 4.51. The van der Waals surface area contributed by atoms with E-state index in [1.807, 2.05) is 25.1 Å². The smallest absolute Gasteiger partial charge is 0.208 e. The lowest BCUT2D eigenvalue weighted by Gasteiger charge is -2.31. The normalized spacial score (nSPS) is 30.0. The van der Waals surface area contributed by atoms with Crippen LogP contribution in [0, 0.1) is 17.3 Å². The average Bonchev–Trinajstić information content (AvgIpc) is 2.80. The lowest BCUT2D eigenvalue weighted by atomic mass is 9.71. The van der Waals surface area contributed by atoms with Crippen molar-refractivity contribution in [3.8, 4) is 11.5 Å². The largest absolute Gasteiger partial charge is 0.493 e. The van der Waals surface area contributed by atoms with Gasteiger partial charge in [-0.3, -0.25) is 9.59 Å². The van der Waals surface area contributed by atoms with E-state index in [1.165, 1.54) is 7.11 Å². The van der Waals surface area contributed by atoms with Crippen molar-refractivity contribution in [3.05, 3.63) is 48.3 Å². The van der Waals surface area contributed by atoms with Gasteiger partial charge in [0.1, 0.15) is 0 Å². The van der Waals surface area contributed by atoms with E-state index < -0.39 is 11.3 Å². The number of Topliss-reactive ketones (excluding diaryl/α,β-unsaturated/α-hetero) is 2. The summed E-state index contributed by atoms with van der Waals surface area (Å²) < 4.78 is 16.0. The second-order valence-electron chi connectivity index (χ2n) is 6.88. The van der Waals surface area contributed by atoms with Crippen LogP contribution < -0.4 is 9.47 Å². The van der Waals surface area contributed by atoms with Gasteiger partial charge in [-0.25, -0.2) is 0 Å². The second kappa shape index (κ2) is 6.63. The van der Waals surface area contributed by atoms with E-state index in [1.54, 1.807) is 26.4 Å². The summed E-state index contributed by atoms with van der Waals surface area (Å²) in [6.45, 7) is 5.83. The van der Waals surface area contributed by atoms with Crippen molar-refractivity contribution in [2.24, 2.45) is 17.3 Å². The Bertz CT molecular complexity index is 794. The molecule has 26 heavy (non-hydrogen) atoms. The summed E-state index contributed by atoms with van der Waals surface area (Å²) in [4.78, 5) is 26.1. The minimum absolute atomic E-state index is 0.0458. The zero-order chi connectivity index (χ0) is 19.1. The predicted octanol–water partition coefficient (Wildman–Crippen LogP) is 3.30. The summed E-state index contributed by atoms with van der Waals surface area (Å²) >= 11 is 0. The first-order valence-corrected chi connectivity index (χ1v) is 8.63. The lowest BCUT2D eigenvalue weighted by Crippen LogP contribution is -2.38. The molecule has 5 nitrogen and oxygen atoms in total. The summed E-state index contributed by atoms with van der Waals surface area (Å²) in [7, 11) is 4.61. The number of carbonyl (C=O) groups excluding carboxylic acids is 2. The molecule has 3 unspecified atom stereocenters. The number of carbonyl (C=O) groups is 2. The molecule has 0 radical (unpaired) electrons. The fourth-order valence-electron chi connectivity index (χ4n) is 4.51. The topological polar surface area (TPSA) is 61.8 Å². The molecular weight excluding hydrogens is 332 g/mol.